The highest BCUT2D eigenvalue weighted by molar-refractivity contribution is 9.10. The summed E-state index contributed by atoms with van der Waals surface area (Å²) in [4.78, 5) is 29.2. The molecule has 6 rings (SSSR count). The largest absolute Gasteiger partial charge is 0.346 e. The Kier molecular flexibility index (Phi) is 5.82. The molecular formula is C26H25BrN8O. The first-order valence-electron chi connectivity index (χ1n) is 12.1. The van der Waals surface area contributed by atoms with Crippen LogP contribution in [-0.2, 0) is 5.54 Å². The number of halogens is 1. The van der Waals surface area contributed by atoms with Crippen molar-refractivity contribution in [1.82, 2.24) is 34.5 Å². The summed E-state index contributed by atoms with van der Waals surface area (Å²) in [5.41, 5.74) is 2.91. The van der Waals surface area contributed by atoms with Gasteiger partial charge in [0.15, 0.2) is 0 Å². The number of aromatic nitrogens is 5. The molecule has 182 valence electrons. The van der Waals surface area contributed by atoms with E-state index in [1.807, 2.05) is 58.5 Å². The van der Waals surface area contributed by atoms with Crippen LogP contribution >= 0.6 is 15.9 Å². The van der Waals surface area contributed by atoms with Crippen LogP contribution in [0.4, 0.5) is 0 Å². The first-order chi connectivity index (χ1) is 17.6. The molecular weight excluding hydrogens is 520 g/mol. The molecule has 0 saturated carbocycles. The molecule has 10 heteroatoms. The fraction of sp³-hybridized carbons (Fsp3) is 0.346. The second-order valence-corrected chi connectivity index (χ2v) is 10.5. The number of carbonyl (C=O) groups excluding carboxylic acids is 1. The van der Waals surface area contributed by atoms with Gasteiger partial charge in [0.2, 0.25) is 0 Å². The third-order valence-corrected chi connectivity index (χ3v) is 7.93. The minimum absolute atomic E-state index is 0.0857. The Bertz CT molecular complexity index is 1460. The van der Waals surface area contributed by atoms with Gasteiger partial charge in [-0.15, -0.1) is 0 Å². The van der Waals surface area contributed by atoms with Crippen LogP contribution in [0.5, 0.6) is 0 Å². The zero-order chi connectivity index (χ0) is 24.7. The van der Waals surface area contributed by atoms with Gasteiger partial charge in [-0.3, -0.25) is 14.4 Å². The Morgan fingerprint density at radius 2 is 2.06 bits per heavy atom. The number of aromatic amines is 1. The summed E-state index contributed by atoms with van der Waals surface area (Å²) in [6, 6.07) is 12.3. The number of likely N-dealkylation sites (tertiary alicyclic amines) is 2. The summed E-state index contributed by atoms with van der Waals surface area (Å²) in [5.74, 6) is 0.0857. The molecule has 0 aliphatic carbocycles. The van der Waals surface area contributed by atoms with Gasteiger partial charge in [0.1, 0.15) is 17.5 Å². The molecule has 0 spiro atoms. The molecule has 9 nitrogen and oxygen atoms in total. The molecule has 36 heavy (non-hydrogen) atoms. The van der Waals surface area contributed by atoms with E-state index in [4.69, 9.17) is 0 Å². The number of nitrogens with one attached hydrogen (secondary N) is 1. The highest BCUT2D eigenvalue weighted by atomic mass is 79.9. The molecule has 1 amide bonds. The highest BCUT2D eigenvalue weighted by Crippen LogP contribution is 2.37. The number of fused-ring (bicyclic) bond motifs is 1. The van der Waals surface area contributed by atoms with Crippen LogP contribution in [0.2, 0.25) is 0 Å². The van der Waals surface area contributed by atoms with E-state index in [2.05, 4.69) is 46.9 Å². The van der Waals surface area contributed by atoms with E-state index in [1.165, 1.54) is 0 Å². The number of piperidine rings is 1. The normalized spacial score (nSPS) is 18.2. The Morgan fingerprint density at radius 1 is 1.22 bits per heavy atom. The maximum Gasteiger partial charge on any atom is 0.253 e. The minimum atomic E-state index is -0.347. The Hall–Kier alpha value is -3.55. The van der Waals surface area contributed by atoms with Gasteiger partial charge < -0.3 is 9.88 Å². The number of nitriles is 1. The highest BCUT2D eigenvalue weighted by Gasteiger charge is 2.48. The van der Waals surface area contributed by atoms with Gasteiger partial charge in [-0.05, 0) is 37.1 Å². The van der Waals surface area contributed by atoms with E-state index in [0.717, 1.165) is 71.3 Å². The van der Waals surface area contributed by atoms with Crippen LogP contribution in [0.3, 0.4) is 0 Å². The number of carbonyl (C=O) groups is 1. The summed E-state index contributed by atoms with van der Waals surface area (Å²) >= 11 is 3.45. The molecule has 1 aromatic carbocycles. The zero-order valence-electron chi connectivity index (χ0n) is 19.6. The molecule has 2 fully saturated rings. The minimum Gasteiger partial charge on any atom is -0.346 e. The molecule has 2 aliphatic heterocycles. The van der Waals surface area contributed by atoms with Crippen molar-refractivity contribution >= 4 is 32.9 Å². The van der Waals surface area contributed by atoms with E-state index < -0.39 is 0 Å². The van der Waals surface area contributed by atoms with Crippen molar-refractivity contribution in [2.24, 2.45) is 0 Å². The van der Waals surface area contributed by atoms with E-state index >= 15 is 0 Å². The molecule has 0 atom stereocenters. The maximum atomic E-state index is 12.9. The van der Waals surface area contributed by atoms with Crippen molar-refractivity contribution < 1.29 is 4.79 Å². The van der Waals surface area contributed by atoms with Gasteiger partial charge in [0.25, 0.3) is 5.91 Å². The van der Waals surface area contributed by atoms with Gasteiger partial charge in [0, 0.05) is 65.6 Å². The summed E-state index contributed by atoms with van der Waals surface area (Å²) in [5, 5.41) is 15.2. The predicted molar refractivity (Wildman–Crippen MR) is 138 cm³/mol. The topological polar surface area (TPSA) is 107 Å². The monoisotopic (exact) mass is 544 g/mol. The van der Waals surface area contributed by atoms with Crippen LogP contribution in [0.25, 0.3) is 22.3 Å². The second-order valence-electron chi connectivity index (χ2n) is 9.63. The number of amides is 1. The van der Waals surface area contributed by atoms with E-state index in [-0.39, 0.29) is 11.4 Å². The fourth-order valence-electron chi connectivity index (χ4n) is 5.50. The standard InChI is InChI=1S/C26H25BrN8O/c27-20-3-1-2-18(12-20)25(36)33-10-5-21(6-11-33)34-15-26(16-34,7-8-28)35-14-19(13-32-35)23-22-4-9-29-24(22)31-17-30-23/h1-4,9,12-14,17,21H,5-7,10-11,15-16H2,(H,29,30,31). The molecule has 5 heterocycles. The van der Waals surface area contributed by atoms with E-state index in [1.54, 1.807) is 6.33 Å². The van der Waals surface area contributed by atoms with Gasteiger partial charge >= 0.3 is 0 Å². The zero-order valence-corrected chi connectivity index (χ0v) is 21.2. The molecule has 2 saturated heterocycles. The molecule has 4 aromatic rings. The molecule has 1 N–H and O–H groups in total. The number of rotatable bonds is 5. The second kappa shape index (κ2) is 9.15. The van der Waals surface area contributed by atoms with Crippen LogP contribution < -0.4 is 0 Å². The number of hydrogen-bond donors (Lipinski definition) is 1. The van der Waals surface area contributed by atoms with Crippen molar-refractivity contribution in [3.05, 3.63) is 65.3 Å². The third-order valence-electron chi connectivity index (χ3n) is 7.44. The SMILES string of the molecule is N#CCC1(n2cc(-c3ncnc4[nH]ccc34)cn2)CN(C2CCN(C(=O)c3cccc(Br)c3)CC2)C1. The van der Waals surface area contributed by atoms with Gasteiger partial charge in [-0.1, -0.05) is 22.0 Å². The van der Waals surface area contributed by atoms with Crippen molar-refractivity contribution in [2.45, 2.75) is 30.8 Å². The molecule has 3 aromatic heterocycles. The first-order valence-corrected chi connectivity index (χ1v) is 12.9. The van der Waals surface area contributed by atoms with Crippen LogP contribution in [-0.4, -0.2) is 72.7 Å². The molecule has 0 unspecified atom stereocenters. The number of benzene rings is 1. The lowest BCUT2D eigenvalue weighted by Gasteiger charge is -2.53. The summed E-state index contributed by atoms with van der Waals surface area (Å²) in [6.07, 6.45) is 9.49. The van der Waals surface area contributed by atoms with Gasteiger partial charge in [-0.25, -0.2) is 9.97 Å². The number of H-pyrrole nitrogens is 1. The van der Waals surface area contributed by atoms with Crippen molar-refractivity contribution in [3.8, 4) is 17.3 Å². The summed E-state index contributed by atoms with van der Waals surface area (Å²) in [7, 11) is 0. The summed E-state index contributed by atoms with van der Waals surface area (Å²) in [6.45, 7) is 3.03. The molecule has 2 aliphatic rings. The van der Waals surface area contributed by atoms with Crippen molar-refractivity contribution in [1.29, 1.82) is 5.26 Å². The van der Waals surface area contributed by atoms with Gasteiger partial charge in [0.05, 0.1) is 24.4 Å². The summed E-state index contributed by atoms with van der Waals surface area (Å²) < 4.78 is 2.87. The lowest BCUT2D eigenvalue weighted by Crippen LogP contribution is -2.66. The molecule has 0 radical (unpaired) electrons. The molecule has 0 bridgehead atoms. The third kappa shape index (κ3) is 3.98. The van der Waals surface area contributed by atoms with Gasteiger partial charge in [-0.2, -0.15) is 10.4 Å². The van der Waals surface area contributed by atoms with Crippen LogP contribution in [0.15, 0.2) is 59.7 Å². The number of hydrogen-bond acceptors (Lipinski definition) is 6. The first kappa shape index (κ1) is 22.9. The number of nitrogens with zero attached hydrogens (tertiary/aromatic N) is 7. The lowest BCUT2D eigenvalue weighted by atomic mass is 9.83. The van der Waals surface area contributed by atoms with E-state index in [0.29, 0.717) is 12.5 Å². The Balaban J connectivity index is 1.13. The smallest absolute Gasteiger partial charge is 0.253 e. The van der Waals surface area contributed by atoms with E-state index in [9.17, 15) is 10.1 Å². The Morgan fingerprint density at radius 3 is 2.83 bits per heavy atom. The van der Waals surface area contributed by atoms with Crippen molar-refractivity contribution in [3.63, 3.8) is 0 Å². The average Bonchev–Trinajstić information content (AvgIpc) is 3.56. The maximum absolute atomic E-state index is 12.9. The lowest BCUT2D eigenvalue weighted by molar-refractivity contribution is -0.0412. The van der Waals surface area contributed by atoms with Crippen LogP contribution in [0, 0.1) is 11.3 Å². The van der Waals surface area contributed by atoms with Crippen LogP contribution in [0.1, 0.15) is 29.6 Å². The Labute approximate surface area is 216 Å². The fourth-order valence-corrected chi connectivity index (χ4v) is 5.90. The quantitative estimate of drug-likeness (QED) is 0.409. The van der Waals surface area contributed by atoms with Crippen molar-refractivity contribution in [2.75, 3.05) is 26.2 Å². The predicted octanol–water partition coefficient (Wildman–Crippen LogP) is 3.81. The average molecular weight is 545 g/mol.